The maximum Gasteiger partial charge on any atom is 0.167 e. The minimum absolute atomic E-state index is 0.236. The van der Waals surface area contributed by atoms with Gasteiger partial charge in [-0.25, -0.2) is 9.37 Å². The normalized spacial score (nSPS) is 25.9. The average molecular weight is 244 g/mol. The van der Waals surface area contributed by atoms with E-state index in [0.717, 1.165) is 13.1 Å². The molecule has 0 spiro atoms. The van der Waals surface area contributed by atoms with E-state index in [-0.39, 0.29) is 11.9 Å². The molecule has 1 aliphatic rings. The number of piperazine rings is 1. The molecule has 5 heteroatoms. The highest BCUT2D eigenvalue weighted by atomic mass is 35.5. The number of rotatable bonds is 1. The van der Waals surface area contributed by atoms with E-state index >= 15 is 0 Å². The zero-order chi connectivity index (χ0) is 11.7. The number of nitrogens with one attached hydrogen (secondary N) is 1. The molecule has 0 amide bonds. The fourth-order valence-corrected chi connectivity index (χ4v) is 2.08. The maximum absolute atomic E-state index is 13.7. The Morgan fingerprint density at radius 2 is 2.31 bits per heavy atom. The molecule has 0 radical (unpaired) electrons. The highest BCUT2D eigenvalue weighted by molar-refractivity contribution is 6.30. The van der Waals surface area contributed by atoms with Gasteiger partial charge < -0.3 is 10.2 Å². The molecular formula is C11H15ClFN3. The number of halogens is 2. The highest BCUT2D eigenvalue weighted by Crippen LogP contribution is 2.22. The van der Waals surface area contributed by atoms with Crippen LogP contribution in [0.5, 0.6) is 0 Å². The van der Waals surface area contributed by atoms with Crippen LogP contribution >= 0.6 is 11.6 Å². The fraction of sp³-hybridized carbons (Fsp3) is 0.545. The number of nitrogens with zero attached hydrogens (tertiary/aromatic N) is 2. The minimum Gasteiger partial charge on any atom is -0.349 e. The van der Waals surface area contributed by atoms with E-state index in [0.29, 0.717) is 16.9 Å². The Labute approximate surface area is 99.6 Å². The molecule has 0 aromatic carbocycles. The van der Waals surface area contributed by atoms with Gasteiger partial charge in [-0.05, 0) is 19.9 Å². The Balaban J connectivity index is 2.28. The van der Waals surface area contributed by atoms with Crippen LogP contribution in [0.3, 0.4) is 0 Å². The van der Waals surface area contributed by atoms with Gasteiger partial charge in [0.2, 0.25) is 0 Å². The summed E-state index contributed by atoms with van der Waals surface area (Å²) in [6.07, 6.45) is 1.49. The third-order valence-corrected chi connectivity index (χ3v) is 3.03. The van der Waals surface area contributed by atoms with Crippen molar-refractivity contribution >= 4 is 17.4 Å². The first-order chi connectivity index (χ1) is 7.58. The van der Waals surface area contributed by atoms with Gasteiger partial charge in [0.1, 0.15) is 0 Å². The Morgan fingerprint density at radius 3 is 3.00 bits per heavy atom. The van der Waals surface area contributed by atoms with E-state index in [2.05, 4.69) is 24.1 Å². The predicted octanol–water partition coefficient (Wildman–Crippen LogP) is 2.06. The van der Waals surface area contributed by atoms with Gasteiger partial charge in [0.25, 0.3) is 0 Å². The van der Waals surface area contributed by atoms with Crippen LogP contribution in [0, 0.1) is 5.82 Å². The molecule has 2 atom stereocenters. The number of aromatic nitrogens is 1. The SMILES string of the molecule is CC1CN(c2ncc(Cl)cc2F)C(C)CN1. The van der Waals surface area contributed by atoms with Crippen molar-refractivity contribution in [2.45, 2.75) is 25.9 Å². The summed E-state index contributed by atoms with van der Waals surface area (Å²) in [5.41, 5.74) is 0. The van der Waals surface area contributed by atoms with Crippen LogP contribution in [-0.4, -0.2) is 30.2 Å². The van der Waals surface area contributed by atoms with Crippen LogP contribution < -0.4 is 10.2 Å². The second-order valence-electron chi connectivity index (χ2n) is 4.27. The summed E-state index contributed by atoms with van der Waals surface area (Å²) < 4.78 is 13.7. The van der Waals surface area contributed by atoms with E-state index in [1.54, 1.807) is 0 Å². The van der Waals surface area contributed by atoms with Crippen molar-refractivity contribution in [3.05, 3.63) is 23.1 Å². The van der Waals surface area contributed by atoms with Crippen molar-refractivity contribution in [3.8, 4) is 0 Å². The molecule has 1 fully saturated rings. The average Bonchev–Trinajstić information content (AvgIpc) is 2.22. The van der Waals surface area contributed by atoms with Crippen LogP contribution in [-0.2, 0) is 0 Å². The van der Waals surface area contributed by atoms with Gasteiger partial charge in [-0.2, -0.15) is 0 Å². The van der Waals surface area contributed by atoms with Crippen LogP contribution in [0.25, 0.3) is 0 Å². The van der Waals surface area contributed by atoms with Crippen molar-refractivity contribution in [2.24, 2.45) is 0 Å². The zero-order valence-electron chi connectivity index (χ0n) is 9.37. The number of anilines is 1. The highest BCUT2D eigenvalue weighted by Gasteiger charge is 2.25. The quantitative estimate of drug-likeness (QED) is 0.819. The summed E-state index contributed by atoms with van der Waals surface area (Å²) in [4.78, 5) is 6.06. The fourth-order valence-electron chi connectivity index (χ4n) is 1.94. The van der Waals surface area contributed by atoms with E-state index < -0.39 is 0 Å². The number of hydrogen-bond acceptors (Lipinski definition) is 3. The second kappa shape index (κ2) is 4.55. The summed E-state index contributed by atoms with van der Waals surface area (Å²) >= 11 is 5.69. The molecule has 1 aromatic rings. The maximum atomic E-state index is 13.7. The molecule has 0 bridgehead atoms. The molecule has 0 aliphatic carbocycles. The van der Waals surface area contributed by atoms with Gasteiger partial charge in [-0.15, -0.1) is 0 Å². The van der Waals surface area contributed by atoms with E-state index in [1.165, 1.54) is 12.3 Å². The van der Waals surface area contributed by atoms with Crippen molar-refractivity contribution in [2.75, 3.05) is 18.0 Å². The zero-order valence-corrected chi connectivity index (χ0v) is 10.1. The molecule has 2 heterocycles. The Morgan fingerprint density at radius 1 is 1.56 bits per heavy atom. The Bertz CT molecular complexity index is 385. The van der Waals surface area contributed by atoms with Crippen LogP contribution in [0.4, 0.5) is 10.2 Å². The summed E-state index contributed by atoms with van der Waals surface area (Å²) in [5, 5.41) is 3.67. The first-order valence-electron chi connectivity index (χ1n) is 5.39. The summed E-state index contributed by atoms with van der Waals surface area (Å²) in [7, 11) is 0. The lowest BCUT2D eigenvalue weighted by molar-refractivity contribution is 0.417. The molecule has 2 rings (SSSR count). The van der Waals surface area contributed by atoms with Gasteiger partial charge in [0, 0.05) is 31.4 Å². The Kier molecular flexibility index (Phi) is 3.30. The standard InChI is InChI=1S/C11H15ClFN3/c1-7-6-16(8(2)4-14-7)11-10(13)3-9(12)5-15-11/h3,5,7-8,14H,4,6H2,1-2H3. The molecule has 3 nitrogen and oxygen atoms in total. The first-order valence-corrected chi connectivity index (χ1v) is 5.77. The largest absolute Gasteiger partial charge is 0.349 e. The van der Waals surface area contributed by atoms with Gasteiger partial charge >= 0.3 is 0 Å². The van der Waals surface area contributed by atoms with Gasteiger partial charge in [-0.1, -0.05) is 11.6 Å². The van der Waals surface area contributed by atoms with Gasteiger partial charge in [0.15, 0.2) is 11.6 Å². The minimum atomic E-state index is -0.353. The van der Waals surface area contributed by atoms with Gasteiger partial charge in [-0.3, -0.25) is 0 Å². The lowest BCUT2D eigenvalue weighted by Gasteiger charge is -2.38. The van der Waals surface area contributed by atoms with Crippen molar-refractivity contribution < 1.29 is 4.39 Å². The topological polar surface area (TPSA) is 28.2 Å². The predicted molar refractivity (Wildman–Crippen MR) is 63.5 cm³/mol. The van der Waals surface area contributed by atoms with E-state index in [9.17, 15) is 4.39 Å². The molecule has 1 N–H and O–H groups in total. The molecule has 1 aliphatic heterocycles. The summed E-state index contributed by atoms with van der Waals surface area (Å²) in [6.45, 7) is 5.72. The first kappa shape index (κ1) is 11.6. The van der Waals surface area contributed by atoms with Crippen LogP contribution in [0.2, 0.25) is 5.02 Å². The van der Waals surface area contributed by atoms with Crippen LogP contribution in [0.15, 0.2) is 12.3 Å². The second-order valence-corrected chi connectivity index (χ2v) is 4.71. The molecule has 2 unspecified atom stereocenters. The third kappa shape index (κ3) is 2.28. The summed E-state index contributed by atoms with van der Waals surface area (Å²) in [6, 6.07) is 1.89. The van der Waals surface area contributed by atoms with Crippen molar-refractivity contribution in [3.63, 3.8) is 0 Å². The third-order valence-electron chi connectivity index (χ3n) is 2.82. The summed E-state index contributed by atoms with van der Waals surface area (Å²) in [5.74, 6) is 0.0405. The monoisotopic (exact) mass is 243 g/mol. The van der Waals surface area contributed by atoms with Crippen molar-refractivity contribution in [1.29, 1.82) is 0 Å². The number of pyridine rings is 1. The lowest BCUT2D eigenvalue weighted by Crippen LogP contribution is -2.55. The molecule has 16 heavy (non-hydrogen) atoms. The molecule has 0 saturated carbocycles. The lowest BCUT2D eigenvalue weighted by atomic mass is 10.1. The molecule has 1 aromatic heterocycles. The van der Waals surface area contributed by atoms with Crippen molar-refractivity contribution in [1.82, 2.24) is 10.3 Å². The van der Waals surface area contributed by atoms with Gasteiger partial charge in [0.05, 0.1) is 5.02 Å². The molecular weight excluding hydrogens is 229 g/mol. The van der Waals surface area contributed by atoms with E-state index in [1.807, 2.05) is 4.90 Å². The Hall–Kier alpha value is -0.870. The molecule has 88 valence electrons. The van der Waals surface area contributed by atoms with E-state index in [4.69, 9.17) is 11.6 Å². The number of hydrogen-bond donors (Lipinski definition) is 1. The van der Waals surface area contributed by atoms with Crippen LogP contribution in [0.1, 0.15) is 13.8 Å². The molecule has 1 saturated heterocycles. The smallest absolute Gasteiger partial charge is 0.167 e.